The highest BCUT2D eigenvalue weighted by Crippen LogP contribution is 2.19. The summed E-state index contributed by atoms with van der Waals surface area (Å²) in [6, 6.07) is 10.4. The maximum atomic E-state index is 12.1. The van der Waals surface area contributed by atoms with Gasteiger partial charge < -0.3 is 5.32 Å². The minimum Gasteiger partial charge on any atom is -0.326 e. The summed E-state index contributed by atoms with van der Waals surface area (Å²) in [6.07, 6.45) is 1.28. The first-order chi connectivity index (χ1) is 11.3. The van der Waals surface area contributed by atoms with E-state index >= 15 is 0 Å². The third-order valence-corrected chi connectivity index (χ3v) is 4.62. The molecule has 0 aliphatic rings. The third kappa shape index (κ3) is 4.95. The van der Waals surface area contributed by atoms with Crippen LogP contribution in [0.1, 0.15) is 12.5 Å². The van der Waals surface area contributed by atoms with Crippen LogP contribution in [0.2, 0.25) is 10.0 Å². The van der Waals surface area contributed by atoms with E-state index in [-0.39, 0.29) is 10.8 Å². The van der Waals surface area contributed by atoms with Crippen LogP contribution in [0.4, 0.5) is 5.69 Å². The number of hydrazone groups is 1. The normalized spacial score (nSPS) is 11.5. The zero-order valence-corrected chi connectivity index (χ0v) is 14.8. The summed E-state index contributed by atoms with van der Waals surface area (Å²) < 4.78 is 24.3. The lowest BCUT2D eigenvalue weighted by Gasteiger charge is -2.05. The van der Waals surface area contributed by atoms with Crippen molar-refractivity contribution in [2.75, 3.05) is 5.32 Å². The smallest absolute Gasteiger partial charge is 0.276 e. The second-order valence-corrected chi connectivity index (χ2v) is 7.23. The van der Waals surface area contributed by atoms with Gasteiger partial charge in [0.1, 0.15) is 0 Å². The number of amides is 1. The van der Waals surface area contributed by atoms with Gasteiger partial charge in [0, 0.05) is 23.2 Å². The molecule has 0 atom stereocenters. The lowest BCUT2D eigenvalue weighted by atomic mass is 10.2. The Balaban J connectivity index is 2.10. The van der Waals surface area contributed by atoms with Crippen molar-refractivity contribution in [1.29, 1.82) is 0 Å². The predicted octanol–water partition coefficient (Wildman–Crippen LogP) is 3.26. The van der Waals surface area contributed by atoms with Crippen molar-refractivity contribution < 1.29 is 13.2 Å². The Labute approximate surface area is 149 Å². The molecule has 2 aromatic rings. The van der Waals surface area contributed by atoms with Crippen LogP contribution in [-0.2, 0) is 14.8 Å². The number of nitrogens with zero attached hydrogens (tertiary/aromatic N) is 1. The standard InChI is InChI=1S/C15H13Cl2N3O3S/c1-10(21)19-13-4-6-14(7-5-13)24(22,23)20-18-9-11-2-3-12(16)8-15(11)17/h2-9,20H,1H3,(H,19,21)/b18-9+. The molecule has 0 saturated heterocycles. The van der Waals surface area contributed by atoms with Crippen LogP contribution in [0.15, 0.2) is 52.5 Å². The summed E-state index contributed by atoms with van der Waals surface area (Å²) in [6.45, 7) is 1.36. The average Bonchev–Trinajstić information content (AvgIpc) is 2.49. The van der Waals surface area contributed by atoms with Gasteiger partial charge in [-0.25, -0.2) is 4.83 Å². The molecule has 0 fully saturated rings. The summed E-state index contributed by atoms with van der Waals surface area (Å²) >= 11 is 11.7. The van der Waals surface area contributed by atoms with Gasteiger partial charge in [0.25, 0.3) is 10.0 Å². The van der Waals surface area contributed by atoms with E-state index in [9.17, 15) is 13.2 Å². The molecule has 2 aromatic carbocycles. The molecule has 6 nitrogen and oxygen atoms in total. The molecule has 9 heteroatoms. The van der Waals surface area contributed by atoms with Gasteiger partial charge in [0.2, 0.25) is 5.91 Å². The van der Waals surface area contributed by atoms with Crippen molar-refractivity contribution in [3.63, 3.8) is 0 Å². The second-order valence-electron chi connectivity index (χ2n) is 4.72. The largest absolute Gasteiger partial charge is 0.326 e. The zero-order chi connectivity index (χ0) is 17.7. The Morgan fingerprint density at radius 1 is 1.12 bits per heavy atom. The fourth-order valence-corrected chi connectivity index (χ4v) is 2.99. The fraction of sp³-hybridized carbons (Fsp3) is 0.0667. The molecule has 0 saturated carbocycles. The van der Waals surface area contributed by atoms with Crippen molar-refractivity contribution >= 4 is 51.0 Å². The van der Waals surface area contributed by atoms with E-state index in [0.717, 1.165) is 0 Å². The van der Waals surface area contributed by atoms with Crippen molar-refractivity contribution in [1.82, 2.24) is 4.83 Å². The number of rotatable bonds is 5. The number of carbonyl (C=O) groups excluding carboxylic acids is 1. The van der Waals surface area contributed by atoms with Crippen LogP contribution in [0.3, 0.4) is 0 Å². The molecular weight excluding hydrogens is 373 g/mol. The van der Waals surface area contributed by atoms with Gasteiger partial charge in [-0.1, -0.05) is 29.3 Å². The number of anilines is 1. The SMILES string of the molecule is CC(=O)Nc1ccc(S(=O)(=O)N/N=C/c2ccc(Cl)cc2Cl)cc1. The Bertz CT molecular complexity index is 881. The summed E-state index contributed by atoms with van der Waals surface area (Å²) in [5.41, 5.74) is 1.02. The molecule has 0 spiro atoms. The van der Waals surface area contributed by atoms with Crippen LogP contribution < -0.4 is 10.1 Å². The number of hydrogen-bond acceptors (Lipinski definition) is 4. The number of sulfonamides is 1. The molecule has 0 heterocycles. The van der Waals surface area contributed by atoms with Crippen LogP contribution >= 0.6 is 23.2 Å². The van der Waals surface area contributed by atoms with Crippen LogP contribution in [0.25, 0.3) is 0 Å². The topological polar surface area (TPSA) is 87.6 Å². The Kier molecular flexibility index (Phi) is 5.82. The molecule has 0 aliphatic carbocycles. The first-order valence-corrected chi connectivity index (χ1v) is 8.89. The minimum atomic E-state index is -3.83. The van der Waals surface area contributed by atoms with E-state index in [4.69, 9.17) is 23.2 Å². The number of benzene rings is 2. The summed E-state index contributed by atoms with van der Waals surface area (Å²) in [7, 11) is -3.83. The van der Waals surface area contributed by atoms with Crippen LogP contribution in [0, 0.1) is 0 Å². The molecule has 0 aromatic heterocycles. The van der Waals surface area contributed by atoms with Crippen LogP contribution in [-0.4, -0.2) is 20.5 Å². The predicted molar refractivity (Wildman–Crippen MR) is 95.1 cm³/mol. The number of nitrogens with one attached hydrogen (secondary N) is 2. The molecule has 0 aliphatic heterocycles. The van der Waals surface area contributed by atoms with E-state index < -0.39 is 10.0 Å². The minimum absolute atomic E-state index is 0.0101. The lowest BCUT2D eigenvalue weighted by Crippen LogP contribution is -2.18. The van der Waals surface area contributed by atoms with Gasteiger partial charge in [0.15, 0.2) is 0 Å². The first-order valence-electron chi connectivity index (χ1n) is 6.65. The summed E-state index contributed by atoms with van der Waals surface area (Å²) in [5, 5.41) is 7.06. The highest BCUT2D eigenvalue weighted by atomic mass is 35.5. The Hall–Kier alpha value is -2.09. The summed E-state index contributed by atoms with van der Waals surface area (Å²) in [5.74, 6) is -0.242. The Morgan fingerprint density at radius 2 is 1.79 bits per heavy atom. The van der Waals surface area contributed by atoms with Gasteiger partial charge in [0.05, 0.1) is 16.1 Å². The lowest BCUT2D eigenvalue weighted by molar-refractivity contribution is -0.114. The van der Waals surface area contributed by atoms with Crippen LogP contribution in [0.5, 0.6) is 0 Å². The quantitative estimate of drug-likeness (QED) is 0.611. The van der Waals surface area contributed by atoms with Gasteiger partial charge in [-0.3, -0.25) is 4.79 Å². The number of hydrogen-bond donors (Lipinski definition) is 2. The van der Waals surface area contributed by atoms with Crippen molar-refractivity contribution in [3.8, 4) is 0 Å². The number of halogens is 2. The zero-order valence-electron chi connectivity index (χ0n) is 12.5. The van der Waals surface area contributed by atoms with E-state index in [1.807, 2.05) is 0 Å². The van der Waals surface area contributed by atoms with Crippen molar-refractivity contribution in [3.05, 3.63) is 58.1 Å². The average molecular weight is 386 g/mol. The molecule has 24 heavy (non-hydrogen) atoms. The Morgan fingerprint density at radius 3 is 2.38 bits per heavy atom. The van der Waals surface area contributed by atoms with Crippen molar-refractivity contribution in [2.24, 2.45) is 5.10 Å². The van der Waals surface area contributed by atoms with Gasteiger partial charge >= 0.3 is 0 Å². The maximum Gasteiger partial charge on any atom is 0.276 e. The van der Waals surface area contributed by atoms with E-state index in [1.54, 1.807) is 12.1 Å². The first kappa shape index (κ1) is 18.3. The van der Waals surface area contributed by atoms with Gasteiger partial charge in [-0.2, -0.15) is 13.5 Å². The van der Waals surface area contributed by atoms with Gasteiger partial charge in [-0.05, 0) is 36.4 Å². The fourth-order valence-electron chi connectivity index (χ4n) is 1.74. The highest BCUT2D eigenvalue weighted by molar-refractivity contribution is 7.89. The second kappa shape index (κ2) is 7.65. The molecular formula is C15H13Cl2N3O3S. The third-order valence-electron chi connectivity index (χ3n) is 2.82. The molecule has 126 valence electrons. The maximum absolute atomic E-state index is 12.1. The van der Waals surface area contributed by atoms with E-state index in [0.29, 0.717) is 21.3 Å². The van der Waals surface area contributed by atoms with E-state index in [2.05, 4.69) is 15.2 Å². The molecule has 0 radical (unpaired) electrons. The van der Waals surface area contributed by atoms with Crippen molar-refractivity contribution in [2.45, 2.75) is 11.8 Å². The molecule has 0 unspecified atom stereocenters. The number of carbonyl (C=O) groups is 1. The monoisotopic (exact) mass is 385 g/mol. The molecule has 0 bridgehead atoms. The summed E-state index contributed by atoms with van der Waals surface area (Å²) in [4.78, 5) is 13.0. The molecule has 2 rings (SSSR count). The highest BCUT2D eigenvalue weighted by Gasteiger charge is 2.12. The van der Waals surface area contributed by atoms with Gasteiger partial charge in [-0.15, -0.1) is 0 Å². The molecule has 2 N–H and O–H groups in total. The molecule has 1 amide bonds. The van der Waals surface area contributed by atoms with E-state index in [1.165, 1.54) is 43.5 Å².